The standard InChI is InChI=1S/C13H22N2OS/c1-14-9-13-11(5-8-16-13)10-15-6-3-12(17-2)4-7-15/h5,8,12,14H,3-4,6-7,9-10H2,1-2H3. The second kappa shape index (κ2) is 6.47. The third kappa shape index (κ3) is 3.50. The molecule has 0 atom stereocenters. The van der Waals surface area contributed by atoms with Crippen LogP contribution >= 0.6 is 11.8 Å². The van der Waals surface area contributed by atoms with Crippen molar-refractivity contribution >= 4 is 11.8 Å². The van der Waals surface area contributed by atoms with Crippen molar-refractivity contribution in [2.24, 2.45) is 0 Å². The van der Waals surface area contributed by atoms with E-state index in [-0.39, 0.29) is 0 Å². The van der Waals surface area contributed by atoms with Crippen molar-refractivity contribution in [3.05, 3.63) is 23.7 Å². The molecule has 1 saturated heterocycles. The summed E-state index contributed by atoms with van der Waals surface area (Å²) in [5.41, 5.74) is 1.34. The molecule has 1 aliphatic heterocycles. The molecule has 4 heteroatoms. The van der Waals surface area contributed by atoms with E-state index in [1.807, 2.05) is 18.8 Å². The molecule has 1 aromatic rings. The predicted molar refractivity (Wildman–Crippen MR) is 73.3 cm³/mol. The van der Waals surface area contributed by atoms with Gasteiger partial charge in [0.1, 0.15) is 5.76 Å². The molecule has 1 aromatic heterocycles. The molecule has 17 heavy (non-hydrogen) atoms. The number of hydrogen-bond acceptors (Lipinski definition) is 4. The van der Waals surface area contributed by atoms with Gasteiger partial charge in [-0.15, -0.1) is 0 Å². The Hall–Kier alpha value is -0.450. The van der Waals surface area contributed by atoms with Gasteiger partial charge in [0.2, 0.25) is 0 Å². The molecule has 0 aliphatic carbocycles. The fraction of sp³-hybridized carbons (Fsp3) is 0.692. The topological polar surface area (TPSA) is 28.4 Å². The summed E-state index contributed by atoms with van der Waals surface area (Å²) in [5.74, 6) is 1.08. The van der Waals surface area contributed by atoms with Crippen LogP contribution in [0.5, 0.6) is 0 Å². The lowest BCUT2D eigenvalue weighted by Gasteiger charge is -2.30. The van der Waals surface area contributed by atoms with Crippen molar-refractivity contribution in [1.29, 1.82) is 0 Å². The molecule has 1 fully saturated rings. The van der Waals surface area contributed by atoms with Gasteiger partial charge >= 0.3 is 0 Å². The van der Waals surface area contributed by atoms with E-state index in [0.717, 1.165) is 24.1 Å². The van der Waals surface area contributed by atoms with Gasteiger partial charge in [-0.1, -0.05) is 0 Å². The van der Waals surface area contributed by atoms with Crippen molar-refractivity contribution < 1.29 is 4.42 Å². The maximum Gasteiger partial charge on any atom is 0.122 e. The zero-order valence-corrected chi connectivity index (χ0v) is 11.6. The first-order valence-electron chi connectivity index (χ1n) is 6.28. The smallest absolute Gasteiger partial charge is 0.122 e. The first-order chi connectivity index (χ1) is 8.33. The average Bonchev–Trinajstić information content (AvgIpc) is 2.78. The number of rotatable bonds is 5. The lowest BCUT2D eigenvalue weighted by Crippen LogP contribution is -2.34. The van der Waals surface area contributed by atoms with Crippen molar-refractivity contribution in [3.63, 3.8) is 0 Å². The predicted octanol–water partition coefficient (Wildman–Crippen LogP) is 2.33. The first-order valence-corrected chi connectivity index (χ1v) is 7.57. The molecular formula is C13H22N2OS. The van der Waals surface area contributed by atoms with Gasteiger partial charge in [0.25, 0.3) is 0 Å². The van der Waals surface area contributed by atoms with Crippen LogP contribution in [0, 0.1) is 0 Å². The zero-order valence-electron chi connectivity index (χ0n) is 10.7. The summed E-state index contributed by atoms with van der Waals surface area (Å²) in [4.78, 5) is 2.54. The lowest BCUT2D eigenvalue weighted by molar-refractivity contribution is 0.223. The summed E-state index contributed by atoms with van der Waals surface area (Å²) in [7, 11) is 1.95. The maximum atomic E-state index is 5.50. The fourth-order valence-electron chi connectivity index (χ4n) is 2.37. The Morgan fingerprint density at radius 2 is 2.24 bits per heavy atom. The summed E-state index contributed by atoms with van der Waals surface area (Å²) < 4.78 is 5.50. The van der Waals surface area contributed by atoms with Crippen LogP contribution in [0.1, 0.15) is 24.2 Å². The average molecular weight is 254 g/mol. The molecule has 3 nitrogen and oxygen atoms in total. The van der Waals surface area contributed by atoms with E-state index < -0.39 is 0 Å². The summed E-state index contributed by atoms with van der Waals surface area (Å²) in [6, 6.07) is 2.10. The number of nitrogens with zero attached hydrogens (tertiary/aromatic N) is 1. The Morgan fingerprint density at radius 1 is 1.47 bits per heavy atom. The number of likely N-dealkylation sites (tertiary alicyclic amines) is 1. The molecule has 0 amide bonds. The lowest BCUT2D eigenvalue weighted by atomic mass is 10.1. The SMILES string of the molecule is CNCc1occc1CN1CCC(SC)CC1. The van der Waals surface area contributed by atoms with Gasteiger partial charge < -0.3 is 9.73 Å². The van der Waals surface area contributed by atoms with Gasteiger partial charge in [-0.25, -0.2) is 0 Å². The zero-order chi connectivity index (χ0) is 12.1. The molecule has 0 saturated carbocycles. The molecule has 0 bridgehead atoms. The van der Waals surface area contributed by atoms with E-state index in [2.05, 4.69) is 22.5 Å². The number of furan rings is 1. The van der Waals surface area contributed by atoms with E-state index in [9.17, 15) is 0 Å². The fourth-order valence-corrected chi connectivity index (χ4v) is 3.05. The minimum absolute atomic E-state index is 0.823. The maximum absolute atomic E-state index is 5.50. The van der Waals surface area contributed by atoms with Crippen LogP contribution in [0.15, 0.2) is 16.7 Å². The number of hydrogen-bond donors (Lipinski definition) is 1. The highest BCUT2D eigenvalue weighted by molar-refractivity contribution is 7.99. The largest absolute Gasteiger partial charge is 0.468 e. The number of nitrogens with one attached hydrogen (secondary N) is 1. The molecule has 2 heterocycles. The van der Waals surface area contributed by atoms with Gasteiger partial charge in [-0.3, -0.25) is 4.90 Å². The molecule has 1 N–H and O–H groups in total. The Bertz CT molecular complexity index is 332. The Kier molecular flexibility index (Phi) is 4.95. The van der Waals surface area contributed by atoms with Crippen molar-refractivity contribution in [2.45, 2.75) is 31.2 Å². The minimum atomic E-state index is 0.823. The molecule has 0 radical (unpaired) electrons. The van der Waals surface area contributed by atoms with E-state index in [1.165, 1.54) is 31.5 Å². The van der Waals surface area contributed by atoms with Crippen molar-refractivity contribution in [1.82, 2.24) is 10.2 Å². The second-order valence-corrected chi connectivity index (χ2v) is 5.75. The third-order valence-corrected chi connectivity index (χ3v) is 4.57. The highest BCUT2D eigenvalue weighted by Crippen LogP contribution is 2.23. The normalized spacial score (nSPS) is 18.7. The third-order valence-electron chi connectivity index (χ3n) is 3.44. The van der Waals surface area contributed by atoms with E-state index in [1.54, 1.807) is 6.26 Å². The van der Waals surface area contributed by atoms with Crippen LogP contribution in [0.4, 0.5) is 0 Å². The van der Waals surface area contributed by atoms with Gasteiger partial charge in [-0.05, 0) is 45.3 Å². The Labute approximate surface area is 108 Å². The number of thioether (sulfide) groups is 1. The highest BCUT2D eigenvalue weighted by Gasteiger charge is 2.19. The van der Waals surface area contributed by atoms with Crippen LogP contribution in [0.25, 0.3) is 0 Å². The molecule has 1 aliphatic rings. The molecule has 2 rings (SSSR count). The van der Waals surface area contributed by atoms with Gasteiger partial charge in [0.05, 0.1) is 12.8 Å². The van der Waals surface area contributed by atoms with Crippen LogP contribution in [0.2, 0.25) is 0 Å². The molecule has 96 valence electrons. The Balaban J connectivity index is 1.86. The van der Waals surface area contributed by atoms with E-state index >= 15 is 0 Å². The monoisotopic (exact) mass is 254 g/mol. The quantitative estimate of drug-likeness (QED) is 0.873. The van der Waals surface area contributed by atoms with E-state index in [0.29, 0.717) is 0 Å². The van der Waals surface area contributed by atoms with Gasteiger partial charge in [0.15, 0.2) is 0 Å². The number of piperidine rings is 1. The molecule has 0 aromatic carbocycles. The summed E-state index contributed by atoms with van der Waals surface area (Å²) in [6.07, 6.45) is 6.67. The van der Waals surface area contributed by atoms with Crippen LogP contribution in [-0.2, 0) is 13.1 Å². The van der Waals surface area contributed by atoms with E-state index in [4.69, 9.17) is 4.42 Å². The molecule has 0 spiro atoms. The summed E-state index contributed by atoms with van der Waals surface area (Å²) >= 11 is 2.01. The van der Waals surface area contributed by atoms with Crippen LogP contribution < -0.4 is 5.32 Å². The molecular weight excluding hydrogens is 232 g/mol. The second-order valence-electron chi connectivity index (χ2n) is 4.61. The first kappa shape index (κ1) is 13.0. The van der Waals surface area contributed by atoms with Gasteiger partial charge in [-0.2, -0.15) is 11.8 Å². The van der Waals surface area contributed by atoms with Crippen LogP contribution in [0.3, 0.4) is 0 Å². The Morgan fingerprint density at radius 3 is 2.88 bits per heavy atom. The van der Waals surface area contributed by atoms with Crippen molar-refractivity contribution in [2.75, 3.05) is 26.4 Å². The van der Waals surface area contributed by atoms with Crippen molar-refractivity contribution in [3.8, 4) is 0 Å². The van der Waals surface area contributed by atoms with Crippen LogP contribution in [-0.4, -0.2) is 36.5 Å². The summed E-state index contributed by atoms with van der Waals surface area (Å²) in [5, 5.41) is 4.02. The minimum Gasteiger partial charge on any atom is -0.468 e. The molecule has 0 unspecified atom stereocenters. The van der Waals surface area contributed by atoms with Gasteiger partial charge in [0, 0.05) is 17.4 Å². The highest BCUT2D eigenvalue weighted by atomic mass is 32.2. The summed E-state index contributed by atoms with van der Waals surface area (Å²) in [6.45, 7) is 4.30.